The van der Waals surface area contributed by atoms with Gasteiger partial charge in [-0.15, -0.1) is 0 Å². The monoisotopic (exact) mass is 343 g/mol. The average Bonchev–Trinajstić information content (AvgIpc) is 3.18. The van der Waals surface area contributed by atoms with Crippen molar-refractivity contribution >= 4 is 16.8 Å². The normalized spacial score (nSPS) is 23.4. The second-order valence-electron chi connectivity index (χ2n) is 5.99. The van der Waals surface area contributed by atoms with Gasteiger partial charge in [0, 0.05) is 18.0 Å². The van der Waals surface area contributed by atoms with Crippen LogP contribution in [0.3, 0.4) is 0 Å². The quantitative estimate of drug-likeness (QED) is 0.645. The van der Waals surface area contributed by atoms with Gasteiger partial charge in [-0.1, -0.05) is 18.2 Å². The number of anilines is 1. The highest BCUT2D eigenvalue weighted by Gasteiger charge is 2.35. The van der Waals surface area contributed by atoms with E-state index in [0.717, 1.165) is 5.39 Å². The van der Waals surface area contributed by atoms with Gasteiger partial charge >= 0.3 is 5.69 Å². The molecular weight excluding hydrogens is 326 g/mol. The van der Waals surface area contributed by atoms with Crippen molar-refractivity contribution in [2.45, 2.75) is 24.9 Å². The first kappa shape index (κ1) is 15.8. The number of aliphatic hydroxyl groups excluding tert-OH is 2. The summed E-state index contributed by atoms with van der Waals surface area (Å²) >= 11 is 0. The Balaban J connectivity index is 1.78. The number of nitrogens with two attached hydrogens (primary N) is 1. The maximum absolute atomic E-state index is 12.2. The molecule has 0 saturated carbocycles. The Morgan fingerprint density at radius 1 is 1.36 bits per heavy atom. The molecule has 0 spiro atoms. The minimum absolute atomic E-state index is 0.0533. The molecule has 1 aromatic carbocycles. The molecule has 0 radical (unpaired) electrons. The van der Waals surface area contributed by atoms with E-state index < -0.39 is 24.1 Å². The van der Waals surface area contributed by atoms with Crippen LogP contribution in [0.15, 0.2) is 45.7 Å². The van der Waals surface area contributed by atoms with E-state index in [2.05, 4.69) is 4.98 Å². The molecule has 25 heavy (non-hydrogen) atoms. The number of hydrogen-bond acceptors (Lipinski definition) is 7. The number of ether oxygens (including phenoxy) is 1. The van der Waals surface area contributed by atoms with Crippen LogP contribution in [0.2, 0.25) is 0 Å². The predicted octanol–water partition coefficient (Wildman–Crippen LogP) is 0.879. The Labute approximate surface area is 142 Å². The topological polar surface area (TPSA) is 124 Å². The minimum Gasteiger partial charge on any atom is -0.456 e. The van der Waals surface area contributed by atoms with Gasteiger partial charge in [-0.05, 0) is 12.1 Å². The lowest BCUT2D eigenvalue weighted by Gasteiger charge is -2.15. The number of nitrogen functional groups attached to an aromatic ring is 1. The van der Waals surface area contributed by atoms with Crippen molar-refractivity contribution in [1.29, 1.82) is 0 Å². The third-order valence-corrected chi connectivity index (χ3v) is 4.37. The largest absolute Gasteiger partial charge is 0.456 e. The lowest BCUT2D eigenvalue weighted by molar-refractivity contribution is -0.0458. The van der Waals surface area contributed by atoms with Gasteiger partial charge in [0.15, 0.2) is 0 Å². The van der Waals surface area contributed by atoms with Crippen LogP contribution in [0.1, 0.15) is 12.6 Å². The molecule has 1 saturated heterocycles. The summed E-state index contributed by atoms with van der Waals surface area (Å²) in [4.78, 5) is 16.0. The molecule has 130 valence electrons. The zero-order chi connectivity index (χ0) is 17.6. The Morgan fingerprint density at radius 2 is 2.16 bits per heavy atom. The van der Waals surface area contributed by atoms with Crippen molar-refractivity contribution in [3.05, 3.63) is 47.0 Å². The third-order valence-electron chi connectivity index (χ3n) is 4.37. The zero-order valence-corrected chi connectivity index (χ0v) is 13.2. The lowest BCUT2D eigenvalue weighted by atomic mass is 10.2. The molecule has 1 aliphatic rings. The highest BCUT2D eigenvalue weighted by molar-refractivity contribution is 5.84. The number of aliphatic hydroxyl groups is 2. The van der Waals surface area contributed by atoms with Crippen molar-refractivity contribution < 1.29 is 19.4 Å². The van der Waals surface area contributed by atoms with E-state index in [4.69, 9.17) is 14.9 Å². The minimum atomic E-state index is -0.853. The van der Waals surface area contributed by atoms with Crippen LogP contribution in [0, 0.1) is 0 Å². The van der Waals surface area contributed by atoms with Crippen LogP contribution in [0.5, 0.6) is 0 Å². The summed E-state index contributed by atoms with van der Waals surface area (Å²) in [6.45, 7) is -0.328. The Kier molecular flexibility index (Phi) is 3.79. The van der Waals surface area contributed by atoms with Gasteiger partial charge in [-0.2, -0.15) is 4.98 Å². The fourth-order valence-electron chi connectivity index (χ4n) is 3.04. The second kappa shape index (κ2) is 5.99. The molecule has 8 nitrogen and oxygen atoms in total. The molecule has 3 atom stereocenters. The lowest BCUT2D eigenvalue weighted by Crippen LogP contribution is -2.28. The van der Waals surface area contributed by atoms with Crippen LogP contribution in [0.4, 0.5) is 5.82 Å². The van der Waals surface area contributed by atoms with Crippen molar-refractivity contribution in [1.82, 2.24) is 9.55 Å². The average molecular weight is 343 g/mol. The summed E-state index contributed by atoms with van der Waals surface area (Å²) < 4.78 is 12.6. The number of fused-ring (bicyclic) bond motifs is 1. The summed E-state index contributed by atoms with van der Waals surface area (Å²) in [7, 11) is 0. The van der Waals surface area contributed by atoms with Gasteiger partial charge in [0.05, 0.1) is 18.3 Å². The van der Waals surface area contributed by atoms with E-state index in [1.165, 1.54) is 10.8 Å². The molecule has 3 heterocycles. The van der Waals surface area contributed by atoms with E-state index in [9.17, 15) is 15.0 Å². The first-order valence-electron chi connectivity index (χ1n) is 7.89. The summed E-state index contributed by atoms with van der Waals surface area (Å²) in [6, 6.07) is 9.32. The SMILES string of the molecule is Nc1nc(=O)n([C@H]2C[C@H](O)[C@@H](CO)O2)cc1-c1cc2ccccc2o1. The van der Waals surface area contributed by atoms with Gasteiger partial charge < -0.3 is 25.1 Å². The number of para-hydroxylation sites is 1. The number of rotatable bonds is 3. The van der Waals surface area contributed by atoms with Crippen molar-refractivity contribution in [3.8, 4) is 11.3 Å². The molecule has 4 N–H and O–H groups in total. The molecule has 1 fully saturated rings. The number of aromatic nitrogens is 2. The maximum Gasteiger partial charge on any atom is 0.351 e. The molecule has 0 amide bonds. The maximum atomic E-state index is 12.2. The van der Waals surface area contributed by atoms with E-state index in [0.29, 0.717) is 16.9 Å². The van der Waals surface area contributed by atoms with E-state index in [1.54, 1.807) is 0 Å². The summed E-state index contributed by atoms with van der Waals surface area (Å²) in [5.41, 5.74) is 6.48. The van der Waals surface area contributed by atoms with Crippen LogP contribution >= 0.6 is 0 Å². The Morgan fingerprint density at radius 3 is 2.88 bits per heavy atom. The Bertz CT molecular complexity index is 947. The number of hydrogen-bond donors (Lipinski definition) is 3. The standard InChI is InChI=1S/C17H17N3O5/c18-16-10(13-5-9-3-1-2-4-12(9)24-13)7-20(17(23)19-16)15-6-11(22)14(8-21)25-15/h1-5,7,11,14-15,21-22H,6,8H2,(H2,18,19,23)/t11-,14+,15+/m0/s1. The molecule has 3 aromatic rings. The highest BCUT2D eigenvalue weighted by Crippen LogP contribution is 2.32. The van der Waals surface area contributed by atoms with Gasteiger partial charge in [0.1, 0.15) is 29.5 Å². The molecule has 0 aliphatic carbocycles. The highest BCUT2D eigenvalue weighted by atomic mass is 16.5. The van der Waals surface area contributed by atoms with Crippen LogP contribution < -0.4 is 11.4 Å². The third kappa shape index (κ3) is 2.70. The molecule has 1 aliphatic heterocycles. The van der Waals surface area contributed by atoms with Crippen LogP contribution in [0.25, 0.3) is 22.3 Å². The fraction of sp³-hybridized carbons (Fsp3) is 0.294. The predicted molar refractivity (Wildman–Crippen MR) is 89.7 cm³/mol. The Hall–Kier alpha value is -2.68. The summed E-state index contributed by atoms with van der Waals surface area (Å²) in [5.74, 6) is 0.537. The summed E-state index contributed by atoms with van der Waals surface area (Å²) in [6.07, 6.45) is -0.621. The molecule has 8 heteroatoms. The van der Waals surface area contributed by atoms with E-state index >= 15 is 0 Å². The second-order valence-corrected chi connectivity index (χ2v) is 5.99. The van der Waals surface area contributed by atoms with Crippen molar-refractivity contribution in [2.75, 3.05) is 12.3 Å². The van der Waals surface area contributed by atoms with E-state index in [-0.39, 0.29) is 18.8 Å². The molecule has 0 bridgehead atoms. The van der Waals surface area contributed by atoms with Gasteiger partial charge in [0.2, 0.25) is 0 Å². The smallest absolute Gasteiger partial charge is 0.351 e. The molecule has 2 aromatic heterocycles. The van der Waals surface area contributed by atoms with Crippen LogP contribution in [-0.4, -0.2) is 38.6 Å². The van der Waals surface area contributed by atoms with Crippen LogP contribution in [-0.2, 0) is 4.74 Å². The fourth-order valence-corrected chi connectivity index (χ4v) is 3.04. The number of benzene rings is 1. The van der Waals surface area contributed by atoms with E-state index in [1.807, 2.05) is 30.3 Å². The number of furan rings is 1. The van der Waals surface area contributed by atoms with Crippen molar-refractivity contribution in [2.24, 2.45) is 0 Å². The first-order valence-corrected chi connectivity index (χ1v) is 7.89. The first-order chi connectivity index (χ1) is 12.1. The molecular formula is C17H17N3O5. The molecule has 4 rings (SSSR count). The summed E-state index contributed by atoms with van der Waals surface area (Å²) in [5, 5.41) is 20.0. The van der Waals surface area contributed by atoms with Gasteiger partial charge in [-0.25, -0.2) is 4.79 Å². The van der Waals surface area contributed by atoms with Gasteiger partial charge in [-0.3, -0.25) is 4.57 Å². The zero-order valence-electron chi connectivity index (χ0n) is 13.2. The van der Waals surface area contributed by atoms with Crippen molar-refractivity contribution in [3.63, 3.8) is 0 Å². The molecule has 0 unspecified atom stereocenters. The number of nitrogens with zero attached hydrogens (tertiary/aromatic N) is 2. The van der Waals surface area contributed by atoms with Gasteiger partial charge in [0.25, 0.3) is 0 Å².